The number of hydrogen-bond donors (Lipinski definition) is 0. The van der Waals surface area contributed by atoms with Crippen LogP contribution in [0.25, 0.3) is 0 Å². The molecule has 164 valence electrons. The number of hydrogen-bond acceptors (Lipinski definition) is 3. The van der Waals surface area contributed by atoms with Gasteiger partial charge in [-0.2, -0.15) is 0 Å². The monoisotopic (exact) mass is 397 g/mol. The third kappa shape index (κ3) is 11.7. The van der Waals surface area contributed by atoms with Gasteiger partial charge in [-0.05, 0) is 19.3 Å². The van der Waals surface area contributed by atoms with Crippen LogP contribution in [0, 0.1) is 0 Å². The van der Waals surface area contributed by atoms with E-state index < -0.39 is 0 Å². The lowest BCUT2D eigenvalue weighted by Gasteiger charge is -2.34. The number of rotatable bonds is 16. The van der Waals surface area contributed by atoms with E-state index in [0.717, 1.165) is 30.5 Å². The minimum absolute atomic E-state index is 0.192. The predicted molar refractivity (Wildman–Crippen MR) is 115 cm³/mol. The van der Waals surface area contributed by atoms with Crippen LogP contribution in [0.2, 0.25) is 0 Å². The lowest BCUT2D eigenvalue weighted by Crippen LogP contribution is -2.50. The van der Waals surface area contributed by atoms with Gasteiger partial charge in [-0.25, -0.2) is 0 Å². The van der Waals surface area contributed by atoms with Gasteiger partial charge in [0, 0.05) is 19.9 Å². The zero-order valence-corrected chi connectivity index (χ0v) is 19.0. The SMILES string of the molecule is CCCCCCCCCCCC[N+](C)(C)CC(CN1CCCC1=O)OC(C)=O. The highest BCUT2D eigenvalue weighted by Gasteiger charge is 2.29. The van der Waals surface area contributed by atoms with Gasteiger partial charge in [0.1, 0.15) is 6.54 Å². The summed E-state index contributed by atoms with van der Waals surface area (Å²) in [5.74, 6) is -0.0623. The van der Waals surface area contributed by atoms with E-state index in [9.17, 15) is 9.59 Å². The molecule has 1 amide bonds. The second-order valence-electron chi connectivity index (χ2n) is 9.20. The molecule has 0 spiro atoms. The summed E-state index contributed by atoms with van der Waals surface area (Å²) in [5.41, 5.74) is 0. The van der Waals surface area contributed by atoms with E-state index in [1.165, 1.54) is 71.1 Å². The summed E-state index contributed by atoms with van der Waals surface area (Å²) in [6.07, 6.45) is 14.8. The zero-order chi connectivity index (χ0) is 20.8. The Bertz CT molecular complexity index is 451. The summed E-state index contributed by atoms with van der Waals surface area (Å²) in [6, 6.07) is 0. The molecule has 0 bridgehead atoms. The predicted octanol–water partition coefficient (Wildman–Crippen LogP) is 4.54. The van der Waals surface area contributed by atoms with Gasteiger partial charge in [-0.1, -0.05) is 58.3 Å². The summed E-state index contributed by atoms with van der Waals surface area (Å²) in [4.78, 5) is 25.3. The van der Waals surface area contributed by atoms with Gasteiger partial charge in [-0.15, -0.1) is 0 Å². The molecule has 5 nitrogen and oxygen atoms in total. The maximum atomic E-state index is 11.9. The lowest BCUT2D eigenvalue weighted by atomic mass is 10.1. The average Bonchev–Trinajstić information content (AvgIpc) is 3.00. The highest BCUT2D eigenvalue weighted by Crippen LogP contribution is 2.15. The van der Waals surface area contributed by atoms with Crippen molar-refractivity contribution in [1.29, 1.82) is 0 Å². The van der Waals surface area contributed by atoms with Crippen molar-refractivity contribution < 1.29 is 18.8 Å². The molecule has 0 saturated carbocycles. The Kier molecular flexibility index (Phi) is 12.4. The maximum Gasteiger partial charge on any atom is 0.303 e. The summed E-state index contributed by atoms with van der Waals surface area (Å²) in [6.45, 7) is 6.91. The van der Waals surface area contributed by atoms with Crippen molar-refractivity contribution in [2.24, 2.45) is 0 Å². The van der Waals surface area contributed by atoms with Crippen molar-refractivity contribution in [3.8, 4) is 0 Å². The van der Waals surface area contributed by atoms with E-state index in [2.05, 4.69) is 21.0 Å². The molecule has 1 atom stereocenters. The minimum atomic E-state index is -0.254. The molecule has 1 rings (SSSR count). The minimum Gasteiger partial charge on any atom is -0.455 e. The highest BCUT2D eigenvalue weighted by molar-refractivity contribution is 5.78. The van der Waals surface area contributed by atoms with Gasteiger partial charge >= 0.3 is 5.97 Å². The van der Waals surface area contributed by atoms with Crippen molar-refractivity contribution in [3.63, 3.8) is 0 Å². The number of ether oxygens (including phenoxy) is 1. The second kappa shape index (κ2) is 14.0. The fraction of sp³-hybridized carbons (Fsp3) is 0.913. The Morgan fingerprint density at radius 3 is 2.11 bits per heavy atom. The topological polar surface area (TPSA) is 46.6 Å². The van der Waals surface area contributed by atoms with Crippen LogP contribution < -0.4 is 0 Å². The van der Waals surface area contributed by atoms with Crippen LogP contribution in [0.15, 0.2) is 0 Å². The van der Waals surface area contributed by atoms with E-state index in [1.807, 2.05) is 4.90 Å². The first-order chi connectivity index (χ1) is 13.3. The summed E-state index contributed by atoms with van der Waals surface area (Å²) in [5, 5.41) is 0. The third-order valence-corrected chi connectivity index (χ3v) is 5.74. The number of unbranched alkanes of at least 4 members (excludes halogenated alkanes) is 9. The molecule has 0 aromatic heterocycles. The van der Waals surface area contributed by atoms with E-state index in [-0.39, 0.29) is 18.0 Å². The van der Waals surface area contributed by atoms with Gasteiger partial charge in [0.15, 0.2) is 6.10 Å². The van der Waals surface area contributed by atoms with E-state index in [0.29, 0.717) is 13.0 Å². The molecule has 0 N–H and O–H groups in total. The number of likely N-dealkylation sites (N-methyl/N-ethyl adjacent to an activating group) is 1. The Morgan fingerprint density at radius 1 is 1.04 bits per heavy atom. The Hall–Kier alpha value is -1.10. The van der Waals surface area contributed by atoms with Crippen LogP contribution in [0.3, 0.4) is 0 Å². The Labute approximate surface area is 173 Å². The standard InChI is InChI=1S/C23H45N2O3/c1-5-6-7-8-9-10-11-12-13-14-18-25(3,4)20-22(28-21(2)26)19-24-17-15-16-23(24)27/h22H,5-20H2,1-4H3/q+1. The molecule has 1 heterocycles. The Morgan fingerprint density at radius 2 is 1.61 bits per heavy atom. The maximum absolute atomic E-state index is 11.9. The van der Waals surface area contributed by atoms with Crippen molar-refractivity contribution in [1.82, 2.24) is 4.90 Å². The highest BCUT2D eigenvalue weighted by atomic mass is 16.5. The third-order valence-electron chi connectivity index (χ3n) is 5.74. The number of nitrogens with zero attached hydrogens (tertiary/aromatic N) is 2. The first-order valence-electron chi connectivity index (χ1n) is 11.6. The van der Waals surface area contributed by atoms with E-state index in [4.69, 9.17) is 4.74 Å². The number of carbonyl (C=O) groups is 2. The number of amides is 1. The van der Waals surface area contributed by atoms with Crippen LogP contribution in [0.1, 0.15) is 90.9 Å². The first-order valence-corrected chi connectivity index (χ1v) is 11.6. The number of quaternary nitrogens is 1. The smallest absolute Gasteiger partial charge is 0.303 e. The zero-order valence-electron chi connectivity index (χ0n) is 19.0. The molecule has 0 aromatic rings. The van der Waals surface area contributed by atoms with E-state index in [1.54, 1.807) is 0 Å². The molecule has 1 saturated heterocycles. The first kappa shape index (κ1) is 24.9. The molecule has 28 heavy (non-hydrogen) atoms. The van der Waals surface area contributed by atoms with Crippen LogP contribution in [-0.4, -0.2) is 67.6 Å². The second-order valence-corrected chi connectivity index (χ2v) is 9.20. The van der Waals surface area contributed by atoms with Crippen molar-refractivity contribution in [2.45, 2.75) is 97.0 Å². The Balaban J connectivity index is 2.23. The van der Waals surface area contributed by atoms with Crippen molar-refractivity contribution in [3.05, 3.63) is 0 Å². The van der Waals surface area contributed by atoms with Crippen LogP contribution in [0.5, 0.6) is 0 Å². The van der Waals surface area contributed by atoms with Gasteiger partial charge in [-0.3, -0.25) is 9.59 Å². The molecule has 5 heteroatoms. The van der Waals surface area contributed by atoms with Crippen molar-refractivity contribution >= 4 is 11.9 Å². The fourth-order valence-electron chi connectivity index (χ4n) is 4.18. The van der Waals surface area contributed by atoms with Crippen LogP contribution in [-0.2, 0) is 14.3 Å². The molecule has 0 radical (unpaired) electrons. The number of carbonyl (C=O) groups excluding carboxylic acids is 2. The molecule has 1 fully saturated rings. The van der Waals surface area contributed by atoms with Crippen LogP contribution >= 0.6 is 0 Å². The quantitative estimate of drug-likeness (QED) is 0.218. The largest absolute Gasteiger partial charge is 0.455 e. The fourth-order valence-corrected chi connectivity index (χ4v) is 4.18. The lowest BCUT2D eigenvalue weighted by molar-refractivity contribution is -0.893. The van der Waals surface area contributed by atoms with Gasteiger partial charge in [0.2, 0.25) is 5.91 Å². The molecular weight excluding hydrogens is 352 g/mol. The molecule has 1 aliphatic heterocycles. The average molecular weight is 398 g/mol. The van der Waals surface area contributed by atoms with E-state index >= 15 is 0 Å². The van der Waals surface area contributed by atoms with Crippen molar-refractivity contribution in [2.75, 3.05) is 40.3 Å². The normalized spacial score (nSPS) is 15.9. The molecular formula is C23H45N2O3+. The summed E-state index contributed by atoms with van der Waals surface area (Å²) < 4.78 is 6.38. The number of likely N-dealkylation sites (tertiary alicyclic amines) is 1. The number of esters is 1. The molecule has 1 unspecified atom stereocenters. The molecule has 1 aliphatic rings. The molecule has 0 aliphatic carbocycles. The van der Waals surface area contributed by atoms with Gasteiger partial charge in [0.25, 0.3) is 0 Å². The molecule has 0 aromatic carbocycles. The van der Waals surface area contributed by atoms with Gasteiger partial charge < -0.3 is 14.1 Å². The summed E-state index contributed by atoms with van der Waals surface area (Å²) >= 11 is 0. The van der Waals surface area contributed by atoms with Gasteiger partial charge in [0.05, 0.1) is 27.2 Å². The summed E-state index contributed by atoms with van der Waals surface area (Å²) in [7, 11) is 4.41. The van der Waals surface area contributed by atoms with Crippen LogP contribution in [0.4, 0.5) is 0 Å².